The third-order valence-corrected chi connectivity index (χ3v) is 6.09. The number of likely N-dealkylation sites (tertiary alicyclic amines) is 1. The van der Waals surface area contributed by atoms with Crippen LogP contribution in [0, 0.1) is 0 Å². The van der Waals surface area contributed by atoms with E-state index in [9.17, 15) is 0 Å². The van der Waals surface area contributed by atoms with Gasteiger partial charge in [-0.15, -0.1) is 22.6 Å². The molecule has 2 aliphatic rings. The number of ether oxygens (including phenoxy) is 1. The smallest absolute Gasteiger partial charge is 0.147 e. The summed E-state index contributed by atoms with van der Waals surface area (Å²) in [5, 5.41) is 19.7. The highest BCUT2D eigenvalue weighted by molar-refractivity contribution is 5.85. The van der Waals surface area contributed by atoms with Gasteiger partial charge in [0.25, 0.3) is 0 Å². The molecule has 3 aromatic rings. The van der Waals surface area contributed by atoms with Crippen LogP contribution in [0.5, 0.6) is 5.75 Å². The Balaban J connectivity index is 0.00000218. The van der Waals surface area contributed by atoms with Crippen LogP contribution >= 0.6 is 12.4 Å². The van der Waals surface area contributed by atoms with E-state index in [1.54, 1.807) is 7.11 Å². The van der Waals surface area contributed by atoms with E-state index in [1.807, 2.05) is 18.3 Å². The number of aromatic amines is 1. The van der Waals surface area contributed by atoms with E-state index in [-0.39, 0.29) is 12.4 Å². The molecular formula is C21H28ClN7O. The Kier molecular flexibility index (Phi) is 6.36. The number of methoxy groups -OCH3 is 1. The van der Waals surface area contributed by atoms with Gasteiger partial charge < -0.3 is 14.6 Å². The summed E-state index contributed by atoms with van der Waals surface area (Å²) in [5.74, 6) is 3.64. The molecule has 0 amide bonds. The first-order valence-electron chi connectivity index (χ1n) is 10.3. The molecule has 2 N–H and O–H groups in total. The van der Waals surface area contributed by atoms with Gasteiger partial charge in [0, 0.05) is 36.7 Å². The second-order valence-corrected chi connectivity index (χ2v) is 7.85. The van der Waals surface area contributed by atoms with E-state index >= 15 is 0 Å². The predicted molar refractivity (Wildman–Crippen MR) is 117 cm³/mol. The minimum Gasteiger partial charge on any atom is -0.497 e. The highest BCUT2D eigenvalue weighted by Gasteiger charge is 2.27. The fraction of sp³-hybridized carbons (Fsp3) is 0.476. The number of nitrogens with zero attached hydrogens (tertiary/aromatic N) is 5. The zero-order chi connectivity index (χ0) is 19.6. The van der Waals surface area contributed by atoms with E-state index in [2.05, 4.69) is 47.3 Å². The van der Waals surface area contributed by atoms with Crippen LogP contribution in [-0.4, -0.2) is 56.6 Å². The Hall–Kier alpha value is -2.42. The van der Waals surface area contributed by atoms with Crippen molar-refractivity contribution >= 4 is 12.4 Å². The fourth-order valence-electron chi connectivity index (χ4n) is 4.45. The lowest BCUT2D eigenvalue weighted by Crippen LogP contribution is -2.34. The van der Waals surface area contributed by atoms with Crippen molar-refractivity contribution in [3.8, 4) is 17.0 Å². The normalized spacial score (nSPS) is 17.4. The maximum absolute atomic E-state index is 5.26. The minimum absolute atomic E-state index is 0. The average molecular weight is 430 g/mol. The summed E-state index contributed by atoms with van der Waals surface area (Å²) in [4.78, 5) is 2.52. The topological polar surface area (TPSA) is 83.9 Å². The molecule has 1 saturated heterocycles. The molecule has 0 bridgehead atoms. The van der Waals surface area contributed by atoms with E-state index < -0.39 is 0 Å². The van der Waals surface area contributed by atoms with Crippen LogP contribution in [0.2, 0.25) is 0 Å². The highest BCUT2D eigenvalue weighted by atomic mass is 35.5. The van der Waals surface area contributed by atoms with Gasteiger partial charge in [0.2, 0.25) is 0 Å². The van der Waals surface area contributed by atoms with Crippen LogP contribution in [0.4, 0.5) is 0 Å². The van der Waals surface area contributed by atoms with Crippen LogP contribution < -0.4 is 10.1 Å². The Morgan fingerprint density at radius 1 is 1.10 bits per heavy atom. The summed E-state index contributed by atoms with van der Waals surface area (Å²) in [7, 11) is 1.69. The number of benzene rings is 1. The van der Waals surface area contributed by atoms with E-state index in [4.69, 9.17) is 4.74 Å². The van der Waals surface area contributed by atoms with E-state index in [0.717, 1.165) is 74.9 Å². The van der Waals surface area contributed by atoms with Crippen molar-refractivity contribution in [2.75, 3.05) is 26.7 Å². The van der Waals surface area contributed by atoms with Crippen LogP contribution in [0.3, 0.4) is 0 Å². The van der Waals surface area contributed by atoms with Crippen molar-refractivity contribution in [2.45, 2.75) is 38.4 Å². The molecule has 160 valence electrons. The number of halogens is 1. The van der Waals surface area contributed by atoms with Gasteiger partial charge in [0.05, 0.1) is 25.5 Å². The largest absolute Gasteiger partial charge is 0.497 e. The lowest BCUT2D eigenvalue weighted by Gasteiger charge is -2.32. The predicted octanol–water partition coefficient (Wildman–Crippen LogP) is 2.58. The molecule has 1 aromatic carbocycles. The van der Waals surface area contributed by atoms with Gasteiger partial charge in [-0.05, 0) is 50.2 Å². The van der Waals surface area contributed by atoms with Crippen LogP contribution in [0.25, 0.3) is 11.3 Å². The zero-order valence-corrected chi connectivity index (χ0v) is 18.0. The van der Waals surface area contributed by atoms with E-state index in [1.165, 1.54) is 11.4 Å². The van der Waals surface area contributed by atoms with Gasteiger partial charge >= 0.3 is 0 Å². The molecule has 4 heterocycles. The fourth-order valence-corrected chi connectivity index (χ4v) is 4.45. The first kappa shape index (κ1) is 20.8. The third kappa shape index (κ3) is 4.08. The van der Waals surface area contributed by atoms with Gasteiger partial charge in [-0.2, -0.15) is 5.10 Å². The molecule has 5 rings (SSSR count). The van der Waals surface area contributed by atoms with E-state index in [0.29, 0.717) is 5.92 Å². The number of rotatable bonds is 5. The SMILES string of the molecule is COc1ccc(-c2[nH]ncc2CN2CCC(c3nnc4n3CCNC4)CC2)cc1.Cl. The molecule has 8 nitrogen and oxygen atoms in total. The molecule has 0 aliphatic carbocycles. The quantitative estimate of drug-likeness (QED) is 0.648. The Morgan fingerprint density at radius 3 is 2.67 bits per heavy atom. The number of fused-ring (bicyclic) bond motifs is 1. The molecule has 0 radical (unpaired) electrons. The second kappa shape index (κ2) is 9.16. The van der Waals surface area contributed by atoms with Gasteiger partial charge in [-0.1, -0.05) is 0 Å². The summed E-state index contributed by atoms with van der Waals surface area (Å²) >= 11 is 0. The number of hydrogen-bond donors (Lipinski definition) is 2. The van der Waals surface area contributed by atoms with Crippen LogP contribution in [0.1, 0.15) is 36.0 Å². The summed E-state index contributed by atoms with van der Waals surface area (Å²) in [5.41, 5.74) is 3.46. The molecule has 9 heteroatoms. The standard InChI is InChI=1S/C21H27N7O.ClH/c1-29-18-4-2-15(3-5-18)20-17(12-23-25-20)14-27-9-6-16(7-10-27)21-26-24-19-13-22-8-11-28(19)21;/h2-5,12,16,22H,6-11,13-14H2,1H3,(H,23,25);1H. The maximum atomic E-state index is 5.26. The summed E-state index contributed by atoms with van der Waals surface area (Å²) < 4.78 is 7.59. The summed E-state index contributed by atoms with van der Waals surface area (Å²) in [6, 6.07) is 8.12. The Morgan fingerprint density at radius 2 is 1.90 bits per heavy atom. The summed E-state index contributed by atoms with van der Waals surface area (Å²) in [6.07, 6.45) is 4.20. The molecule has 30 heavy (non-hydrogen) atoms. The van der Waals surface area contributed by atoms with Crippen LogP contribution in [0.15, 0.2) is 30.5 Å². The second-order valence-electron chi connectivity index (χ2n) is 7.85. The zero-order valence-electron chi connectivity index (χ0n) is 17.2. The molecular weight excluding hydrogens is 402 g/mol. The average Bonchev–Trinajstić information content (AvgIpc) is 3.41. The molecule has 0 spiro atoms. The number of aromatic nitrogens is 5. The number of hydrogen-bond acceptors (Lipinski definition) is 6. The Labute approximate surface area is 182 Å². The highest BCUT2D eigenvalue weighted by Crippen LogP contribution is 2.30. The van der Waals surface area contributed by atoms with Gasteiger partial charge in [-0.25, -0.2) is 0 Å². The molecule has 0 atom stereocenters. The third-order valence-electron chi connectivity index (χ3n) is 6.09. The van der Waals surface area contributed by atoms with Crippen molar-refractivity contribution in [2.24, 2.45) is 0 Å². The lowest BCUT2D eigenvalue weighted by atomic mass is 9.95. The van der Waals surface area contributed by atoms with Crippen molar-refractivity contribution in [1.29, 1.82) is 0 Å². The number of nitrogens with one attached hydrogen (secondary N) is 2. The first-order valence-corrected chi connectivity index (χ1v) is 10.3. The number of piperidine rings is 1. The molecule has 0 unspecified atom stereocenters. The van der Waals surface area contributed by atoms with Crippen molar-refractivity contribution in [1.82, 2.24) is 35.2 Å². The van der Waals surface area contributed by atoms with Crippen molar-refractivity contribution < 1.29 is 4.74 Å². The van der Waals surface area contributed by atoms with Crippen molar-refractivity contribution in [3.05, 3.63) is 47.7 Å². The summed E-state index contributed by atoms with van der Waals surface area (Å²) in [6.45, 7) is 5.87. The monoisotopic (exact) mass is 429 g/mol. The maximum Gasteiger partial charge on any atom is 0.147 e. The Bertz CT molecular complexity index is 960. The number of H-pyrrole nitrogens is 1. The molecule has 2 aromatic heterocycles. The lowest BCUT2D eigenvalue weighted by molar-refractivity contribution is 0.199. The minimum atomic E-state index is 0. The molecule has 1 fully saturated rings. The molecule has 0 saturated carbocycles. The van der Waals surface area contributed by atoms with Gasteiger partial charge in [0.15, 0.2) is 0 Å². The van der Waals surface area contributed by atoms with Gasteiger partial charge in [0.1, 0.15) is 17.4 Å². The first-order chi connectivity index (χ1) is 14.3. The molecule has 2 aliphatic heterocycles. The van der Waals surface area contributed by atoms with Crippen molar-refractivity contribution in [3.63, 3.8) is 0 Å². The van der Waals surface area contributed by atoms with Crippen LogP contribution in [-0.2, 0) is 19.6 Å². The van der Waals surface area contributed by atoms with Gasteiger partial charge in [-0.3, -0.25) is 10.00 Å².